The van der Waals surface area contributed by atoms with E-state index < -0.39 is 11.8 Å². The summed E-state index contributed by atoms with van der Waals surface area (Å²) in [7, 11) is 1.47. The summed E-state index contributed by atoms with van der Waals surface area (Å²) in [6.07, 6.45) is -0.945. The van der Waals surface area contributed by atoms with Gasteiger partial charge in [0.25, 0.3) is 0 Å². The predicted octanol–water partition coefficient (Wildman–Crippen LogP) is -0.622. The van der Waals surface area contributed by atoms with Gasteiger partial charge in [0.2, 0.25) is 0 Å². The first-order valence-electron chi connectivity index (χ1n) is 3.47. The third-order valence-corrected chi connectivity index (χ3v) is 1.74. The SMILES string of the molecule is Cn1c(=O)[nH]c2c(N)nc(F)nc21. The van der Waals surface area contributed by atoms with Crippen LogP contribution >= 0.6 is 0 Å². The maximum Gasteiger partial charge on any atom is 0.327 e. The van der Waals surface area contributed by atoms with Gasteiger partial charge in [-0.25, -0.2) is 4.79 Å². The number of rotatable bonds is 0. The molecule has 0 aliphatic carbocycles. The monoisotopic (exact) mass is 183 g/mol. The summed E-state index contributed by atoms with van der Waals surface area (Å²) in [5.74, 6) is -0.0693. The first-order chi connectivity index (χ1) is 6.09. The van der Waals surface area contributed by atoms with Crippen molar-refractivity contribution in [1.29, 1.82) is 0 Å². The van der Waals surface area contributed by atoms with Crippen LogP contribution < -0.4 is 11.4 Å². The minimum atomic E-state index is -0.945. The topological polar surface area (TPSA) is 89.6 Å². The van der Waals surface area contributed by atoms with E-state index in [0.717, 1.165) is 4.57 Å². The molecule has 2 aromatic rings. The Bertz CT molecular complexity index is 528. The predicted molar refractivity (Wildman–Crippen MR) is 43.5 cm³/mol. The van der Waals surface area contributed by atoms with Gasteiger partial charge in [-0.2, -0.15) is 14.4 Å². The lowest BCUT2D eigenvalue weighted by molar-refractivity contribution is 0.544. The van der Waals surface area contributed by atoms with Crippen molar-refractivity contribution in [3.8, 4) is 0 Å². The Morgan fingerprint density at radius 3 is 2.92 bits per heavy atom. The summed E-state index contributed by atoms with van der Waals surface area (Å²) in [4.78, 5) is 20.2. The van der Waals surface area contributed by atoms with Crippen molar-refractivity contribution in [2.24, 2.45) is 7.05 Å². The summed E-state index contributed by atoms with van der Waals surface area (Å²) in [5.41, 5.74) is 5.38. The third kappa shape index (κ3) is 0.968. The Hall–Kier alpha value is -1.92. The van der Waals surface area contributed by atoms with E-state index in [2.05, 4.69) is 15.0 Å². The van der Waals surface area contributed by atoms with Crippen LogP contribution in [0.1, 0.15) is 0 Å². The third-order valence-electron chi connectivity index (χ3n) is 1.74. The number of aromatic nitrogens is 4. The molecule has 0 amide bonds. The van der Waals surface area contributed by atoms with Crippen LogP contribution in [0.3, 0.4) is 0 Å². The molecule has 0 unspecified atom stereocenters. The second-order valence-corrected chi connectivity index (χ2v) is 2.57. The van der Waals surface area contributed by atoms with Crippen molar-refractivity contribution in [2.75, 3.05) is 5.73 Å². The normalized spacial score (nSPS) is 10.9. The minimum absolute atomic E-state index is 0.0693. The molecule has 0 fully saturated rings. The fraction of sp³-hybridized carbons (Fsp3) is 0.167. The Kier molecular flexibility index (Phi) is 1.35. The number of nitrogen functional groups attached to an aromatic ring is 1. The molecule has 0 radical (unpaired) electrons. The number of aryl methyl sites for hydroxylation is 1. The van der Waals surface area contributed by atoms with E-state index in [-0.39, 0.29) is 17.0 Å². The molecule has 2 heterocycles. The van der Waals surface area contributed by atoms with E-state index in [4.69, 9.17) is 5.73 Å². The second-order valence-electron chi connectivity index (χ2n) is 2.57. The van der Waals surface area contributed by atoms with Crippen molar-refractivity contribution >= 4 is 17.0 Å². The summed E-state index contributed by atoms with van der Waals surface area (Å²) < 4.78 is 13.8. The lowest BCUT2D eigenvalue weighted by atomic mass is 10.5. The molecule has 7 heteroatoms. The van der Waals surface area contributed by atoms with Crippen LogP contribution in [-0.2, 0) is 7.05 Å². The Balaban J connectivity index is 3.03. The van der Waals surface area contributed by atoms with Gasteiger partial charge in [-0.05, 0) is 0 Å². The molecule has 0 aromatic carbocycles. The second kappa shape index (κ2) is 2.28. The average Bonchev–Trinajstić information content (AvgIpc) is 2.32. The van der Waals surface area contributed by atoms with Gasteiger partial charge in [-0.3, -0.25) is 4.57 Å². The van der Waals surface area contributed by atoms with Gasteiger partial charge in [0.05, 0.1) is 0 Å². The molecule has 0 aliphatic heterocycles. The summed E-state index contributed by atoms with van der Waals surface area (Å²) in [6, 6.07) is 0. The maximum absolute atomic E-state index is 12.7. The van der Waals surface area contributed by atoms with Crippen LogP contribution in [0.25, 0.3) is 11.2 Å². The van der Waals surface area contributed by atoms with Crippen LogP contribution in [0.15, 0.2) is 4.79 Å². The van der Waals surface area contributed by atoms with Crippen LogP contribution in [-0.4, -0.2) is 19.5 Å². The zero-order valence-corrected chi connectivity index (χ0v) is 6.71. The number of aromatic amines is 1. The fourth-order valence-electron chi connectivity index (χ4n) is 1.09. The van der Waals surface area contributed by atoms with Gasteiger partial charge in [-0.1, -0.05) is 0 Å². The van der Waals surface area contributed by atoms with E-state index in [0.29, 0.717) is 0 Å². The number of anilines is 1. The number of hydrogen-bond donors (Lipinski definition) is 2. The molecule has 0 atom stereocenters. The Morgan fingerprint density at radius 2 is 2.23 bits per heavy atom. The molecular formula is C6H6FN5O. The van der Waals surface area contributed by atoms with E-state index >= 15 is 0 Å². The van der Waals surface area contributed by atoms with E-state index in [1.165, 1.54) is 7.05 Å². The van der Waals surface area contributed by atoms with Crippen LogP contribution in [0.5, 0.6) is 0 Å². The zero-order chi connectivity index (χ0) is 9.59. The van der Waals surface area contributed by atoms with Crippen LogP contribution in [0.4, 0.5) is 10.2 Å². The van der Waals surface area contributed by atoms with Crippen LogP contribution in [0.2, 0.25) is 0 Å². The highest BCUT2D eigenvalue weighted by Crippen LogP contribution is 2.11. The quantitative estimate of drug-likeness (QED) is 0.532. The van der Waals surface area contributed by atoms with Crippen molar-refractivity contribution in [3.05, 3.63) is 16.6 Å². The largest absolute Gasteiger partial charge is 0.382 e. The molecule has 2 rings (SSSR count). The molecule has 0 bridgehead atoms. The molecule has 13 heavy (non-hydrogen) atoms. The van der Waals surface area contributed by atoms with E-state index in [1.54, 1.807) is 0 Å². The van der Waals surface area contributed by atoms with E-state index in [1.807, 2.05) is 0 Å². The fourth-order valence-corrected chi connectivity index (χ4v) is 1.09. The highest BCUT2D eigenvalue weighted by Gasteiger charge is 2.10. The van der Waals surface area contributed by atoms with E-state index in [9.17, 15) is 9.18 Å². The van der Waals surface area contributed by atoms with Gasteiger partial charge in [0.1, 0.15) is 5.52 Å². The zero-order valence-electron chi connectivity index (χ0n) is 6.71. The van der Waals surface area contributed by atoms with Crippen molar-refractivity contribution in [3.63, 3.8) is 0 Å². The van der Waals surface area contributed by atoms with Gasteiger partial charge in [-0.15, -0.1) is 0 Å². The van der Waals surface area contributed by atoms with Gasteiger partial charge in [0.15, 0.2) is 11.5 Å². The average molecular weight is 183 g/mol. The Morgan fingerprint density at radius 1 is 1.54 bits per heavy atom. The van der Waals surface area contributed by atoms with Crippen molar-refractivity contribution in [1.82, 2.24) is 19.5 Å². The van der Waals surface area contributed by atoms with Gasteiger partial charge in [0, 0.05) is 7.05 Å². The van der Waals surface area contributed by atoms with Crippen LogP contribution in [0, 0.1) is 6.08 Å². The lowest BCUT2D eigenvalue weighted by Gasteiger charge is -1.94. The summed E-state index contributed by atoms with van der Waals surface area (Å²) in [5, 5.41) is 0. The number of nitrogens with zero attached hydrogens (tertiary/aromatic N) is 3. The molecular weight excluding hydrogens is 177 g/mol. The summed E-state index contributed by atoms with van der Waals surface area (Å²) in [6.45, 7) is 0. The molecule has 3 N–H and O–H groups in total. The number of nitrogens with two attached hydrogens (primary N) is 1. The first-order valence-corrected chi connectivity index (χ1v) is 3.47. The number of nitrogens with one attached hydrogen (secondary N) is 1. The molecule has 68 valence electrons. The number of hydrogen-bond acceptors (Lipinski definition) is 4. The smallest absolute Gasteiger partial charge is 0.327 e. The summed E-state index contributed by atoms with van der Waals surface area (Å²) >= 11 is 0. The number of fused-ring (bicyclic) bond motifs is 1. The lowest BCUT2D eigenvalue weighted by Crippen LogP contribution is -2.12. The Labute approximate surface area is 71.2 Å². The first kappa shape index (κ1) is 7.71. The molecule has 0 spiro atoms. The number of halogens is 1. The number of imidazole rings is 1. The molecule has 6 nitrogen and oxygen atoms in total. The highest BCUT2D eigenvalue weighted by atomic mass is 19.1. The molecule has 0 saturated carbocycles. The van der Waals surface area contributed by atoms with Crippen molar-refractivity contribution in [2.45, 2.75) is 0 Å². The standard InChI is InChI=1S/C6H6FN5O/c1-12-4-2(9-6(12)13)3(8)10-5(7)11-4/h1H3,(H,9,13)(H2,8,10,11). The minimum Gasteiger partial charge on any atom is -0.382 e. The highest BCUT2D eigenvalue weighted by molar-refractivity contribution is 5.80. The molecule has 0 saturated heterocycles. The van der Waals surface area contributed by atoms with Gasteiger partial charge < -0.3 is 10.7 Å². The van der Waals surface area contributed by atoms with Gasteiger partial charge >= 0.3 is 11.8 Å². The van der Waals surface area contributed by atoms with Crippen molar-refractivity contribution < 1.29 is 4.39 Å². The molecule has 2 aromatic heterocycles. The molecule has 0 aliphatic rings. The number of H-pyrrole nitrogens is 1. The maximum atomic E-state index is 12.7.